The molecule has 2 unspecified atom stereocenters. The molecular formula is C19H27N3O3. The average molecular weight is 345 g/mol. The lowest BCUT2D eigenvalue weighted by Crippen LogP contribution is -2.48. The standard InChI is InChI=1S/C19H27N3O3/c1-21-9-3-4-16(13-21)20-19(24)15-10-18(23)22(12-15)11-14-5-7-17(25-2)8-6-14/h5-8,15-16H,3-4,9-13H2,1-2H3,(H,20,24). The summed E-state index contributed by atoms with van der Waals surface area (Å²) in [6, 6.07) is 7.89. The fourth-order valence-corrected chi connectivity index (χ4v) is 3.66. The van der Waals surface area contributed by atoms with Crippen LogP contribution in [-0.2, 0) is 16.1 Å². The van der Waals surface area contributed by atoms with E-state index in [4.69, 9.17) is 4.74 Å². The number of nitrogens with one attached hydrogen (secondary N) is 1. The smallest absolute Gasteiger partial charge is 0.225 e. The number of piperidine rings is 1. The van der Waals surface area contributed by atoms with Crippen molar-refractivity contribution in [3.05, 3.63) is 29.8 Å². The first kappa shape index (κ1) is 17.7. The minimum atomic E-state index is -0.238. The van der Waals surface area contributed by atoms with E-state index in [9.17, 15) is 9.59 Å². The first-order valence-corrected chi connectivity index (χ1v) is 8.95. The zero-order valence-electron chi connectivity index (χ0n) is 15.0. The molecule has 1 aromatic rings. The van der Waals surface area contributed by atoms with Crippen LogP contribution in [0, 0.1) is 5.92 Å². The Morgan fingerprint density at radius 1 is 1.28 bits per heavy atom. The summed E-state index contributed by atoms with van der Waals surface area (Å²) in [5.74, 6) is 0.631. The van der Waals surface area contributed by atoms with Crippen molar-refractivity contribution in [2.45, 2.75) is 31.8 Å². The summed E-state index contributed by atoms with van der Waals surface area (Å²) in [6.45, 7) is 3.02. The van der Waals surface area contributed by atoms with E-state index < -0.39 is 0 Å². The van der Waals surface area contributed by atoms with Gasteiger partial charge < -0.3 is 19.9 Å². The molecule has 2 heterocycles. The molecule has 0 aromatic heterocycles. The molecule has 0 saturated carbocycles. The predicted octanol–water partition coefficient (Wildman–Crippen LogP) is 1.25. The largest absolute Gasteiger partial charge is 0.497 e. The van der Waals surface area contributed by atoms with Gasteiger partial charge in [0.2, 0.25) is 11.8 Å². The Balaban J connectivity index is 1.53. The molecule has 1 aromatic carbocycles. The Labute approximate surface area is 149 Å². The van der Waals surface area contributed by atoms with Gasteiger partial charge in [-0.25, -0.2) is 0 Å². The van der Waals surface area contributed by atoms with Crippen molar-refractivity contribution in [1.82, 2.24) is 15.1 Å². The Hall–Kier alpha value is -2.08. The molecule has 2 aliphatic rings. The molecule has 2 aliphatic heterocycles. The van der Waals surface area contributed by atoms with Gasteiger partial charge in [0.05, 0.1) is 13.0 Å². The molecule has 6 heteroatoms. The number of nitrogens with zero attached hydrogens (tertiary/aromatic N) is 2. The van der Waals surface area contributed by atoms with Crippen LogP contribution in [0.3, 0.4) is 0 Å². The summed E-state index contributed by atoms with van der Waals surface area (Å²) >= 11 is 0. The Morgan fingerprint density at radius 3 is 2.72 bits per heavy atom. The Morgan fingerprint density at radius 2 is 2.04 bits per heavy atom. The number of rotatable bonds is 5. The summed E-state index contributed by atoms with van der Waals surface area (Å²) in [7, 11) is 3.71. The van der Waals surface area contributed by atoms with E-state index in [0.717, 1.165) is 37.2 Å². The molecule has 0 spiro atoms. The average Bonchev–Trinajstić information content (AvgIpc) is 2.96. The van der Waals surface area contributed by atoms with Crippen molar-refractivity contribution in [3.8, 4) is 5.75 Å². The highest BCUT2D eigenvalue weighted by atomic mass is 16.5. The Bertz CT molecular complexity index is 617. The highest BCUT2D eigenvalue weighted by Crippen LogP contribution is 2.22. The van der Waals surface area contributed by atoms with Gasteiger partial charge in [0.15, 0.2) is 0 Å². The molecule has 136 valence electrons. The highest BCUT2D eigenvalue weighted by molar-refractivity contribution is 5.89. The van der Waals surface area contributed by atoms with Crippen molar-refractivity contribution in [2.24, 2.45) is 5.92 Å². The van der Waals surface area contributed by atoms with Crippen LogP contribution in [0.5, 0.6) is 5.75 Å². The van der Waals surface area contributed by atoms with Crippen LogP contribution in [0.4, 0.5) is 0 Å². The number of carbonyl (C=O) groups is 2. The van der Waals surface area contributed by atoms with Crippen LogP contribution in [-0.4, -0.2) is 61.4 Å². The van der Waals surface area contributed by atoms with Crippen LogP contribution in [0.15, 0.2) is 24.3 Å². The first-order chi connectivity index (χ1) is 12.0. The van der Waals surface area contributed by atoms with Crippen molar-refractivity contribution < 1.29 is 14.3 Å². The lowest BCUT2D eigenvalue weighted by molar-refractivity contribution is -0.129. The molecule has 2 amide bonds. The van der Waals surface area contributed by atoms with Gasteiger partial charge in [-0.15, -0.1) is 0 Å². The molecule has 2 saturated heterocycles. The maximum absolute atomic E-state index is 12.5. The van der Waals surface area contributed by atoms with E-state index in [1.807, 2.05) is 24.3 Å². The van der Waals surface area contributed by atoms with E-state index in [-0.39, 0.29) is 23.8 Å². The summed E-state index contributed by atoms with van der Waals surface area (Å²) in [4.78, 5) is 28.8. The maximum Gasteiger partial charge on any atom is 0.225 e. The van der Waals surface area contributed by atoms with Crippen LogP contribution in [0.25, 0.3) is 0 Å². The second-order valence-corrected chi connectivity index (χ2v) is 7.13. The van der Waals surface area contributed by atoms with E-state index in [0.29, 0.717) is 19.5 Å². The van der Waals surface area contributed by atoms with Gasteiger partial charge in [0.25, 0.3) is 0 Å². The molecule has 0 bridgehead atoms. The fraction of sp³-hybridized carbons (Fsp3) is 0.579. The van der Waals surface area contributed by atoms with Crippen LogP contribution in [0.2, 0.25) is 0 Å². The van der Waals surface area contributed by atoms with Crippen molar-refractivity contribution in [3.63, 3.8) is 0 Å². The number of hydrogen-bond acceptors (Lipinski definition) is 4. The van der Waals surface area contributed by atoms with E-state index >= 15 is 0 Å². The molecule has 2 atom stereocenters. The summed E-state index contributed by atoms with van der Waals surface area (Å²) < 4.78 is 5.15. The molecule has 0 aliphatic carbocycles. The number of carbonyl (C=O) groups excluding carboxylic acids is 2. The number of benzene rings is 1. The lowest BCUT2D eigenvalue weighted by atomic mass is 10.0. The topological polar surface area (TPSA) is 61.9 Å². The van der Waals surface area contributed by atoms with Gasteiger partial charge in [-0.3, -0.25) is 9.59 Å². The van der Waals surface area contributed by atoms with Crippen molar-refractivity contribution in [1.29, 1.82) is 0 Å². The summed E-state index contributed by atoms with van der Waals surface area (Å²) in [5.41, 5.74) is 1.05. The number of amides is 2. The molecular weight excluding hydrogens is 318 g/mol. The molecule has 25 heavy (non-hydrogen) atoms. The normalized spacial score (nSPS) is 24.4. The van der Waals surface area contributed by atoms with Gasteiger partial charge in [0.1, 0.15) is 5.75 Å². The molecule has 2 fully saturated rings. The fourth-order valence-electron chi connectivity index (χ4n) is 3.66. The van der Waals surface area contributed by atoms with E-state index in [2.05, 4.69) is 17.3 Å². The summed E-state index contributed by atoms with van der Waals surface area (Å²) in [6.07, 6.45) is 2.44. The molecule has 1 N–H and O–H groups in total. The monoisotopic (exact) mass is 345 g/mol. The number of likely N-dealkylation sites (N-methyl/N-ethyl adjacent to an activating group) is 1. The third-order valence-corrected chi connectivity index (χ3v) is 5.09. The van der Waals surface area contributed by atoms with Gasteiger partial charge in [-0.1, -0.05) is 12.1 Å². The minimum Gasteiger partial charge on any atom is -0.497 e. The van der Waals surface area contributed by atoms with Crippen LogP contribution >= 0.6 is 0 Å². The minimum absolute atomic E-state index is 0.0193. The van der Waals surface area contributed by atoms with Gasteiger partial charge in [-0.05, 0) is 44.1 Å². The number of ether oxygens (including phenoxy) is 1. The van der Waals surface area contributed by atoms with Crippen LogP contribution in [0.1, 0.15) is 24.8 Å². The molecule has 6 nitrogen and oxygen atoms in total. The highest BCUT2D eigenvalue weighted by Gasteiger charge is 2.35. The zero-order valence-corrected chi connectivity index (χ0v) is 15.0. The van der Waals surface area contributed by atoms with Gasteiger partial charge in [-0.2, -0.15) is 0 Å². The number of hydrogen-bond donors (Lipinski definition) is 1. The van der Waals surface area contributed by atoms with Crippen molar-refractivity contribution >= 4 is 11.8 Å². The zero-order chi connectivity index (χ0) is 17.8. The maximum atomic E-state index is 12.5. The third-order valence-electron chi connectivity index (χ3n) is 5.09. The SMILES string of the molecule is COc1ccc(CN2CC(C(=O)NC3CCCN(C)C3)CC2=O)cc1. The van der Waals surface area contributed by atoms with Crippen LogP contribution < -0.4 is 10.1 Å². The quantitative estimate of drug-likeness (QED) is 0.873. The second-order valence-electron chi connectivity index (χ2n) is 7.13. The van der Waals surface area contributed by atoms with Crippen molar-refractivity contribution in [2.75, 3.05) is 33.8 Å². The molecule has 0 radical (unpaired) electrons. The third kappa shape index (κ3) is 4.51. The first-order valence-electron chi connectivity index (χ1n) is 8.95. The van der Waals surface area contributed by atoms with E-state index in [1.165, 1.54) is 0 Å². The van der Waals surface area contributed by atoms with Gasteiger partial charge in [0, 0.05) is 32.1 Å². The number of likely N-dealkylation sites (tertiary alicyclic amines) is 2. The molecule has 3 rings (SSSR count). The van der Waals surface area contributed by atoms with E-state index in [1.54, 1.807) is 12.0 Å². The lowest BCUT2D eigenvalue weighted by Gasteiger charge is -2.30. The summed E-state index contributed by atoms with van der Waals surface area (Å²) in [5, 5.41) is 3.14. The van der Waals surface area contributed by atoms with Gasteiger partial charge >= 0.3 is 0 Å². The second kappa shape index (κ2) is 7.87. The predicted molar refractivity (Wildman–Crippen MR) is 95.2 cm³/mol. The Kier molecular flexibility index (Phi) is 5.58. The number of methoxy groups -OCH3 is 1.